The second kappa shape index (κ2) is 10.0. The Morgan fingerprint density at radius 3 is 2.35 bits per heavy atom. The zero-order chi connectivity index (χ0) is 14.6. The van der Waals surface area contributed by atoms with Crippen LogP contribution in [0.4, 0.5) is 0 Å². The van der Waals surface area contributed by atoms with E-state index in [1.54, 1.807) is 19.2 Å². The minimum Gasteiger partial charge on any atom is -0.503 e. The molecule has 20 heavy (non-hydrogen) atoms. The highest BCUT2D eigenvalue weighted by molar-refractivity contribution is 5.51. The van der Waals surface area contributed by atoms with Gasteiger partial charge >= 0.3 is 0 Å². The van der Waals surface area contributed by atoms with E-state index in [0.29, 0.717) is 39.6 Å². The largest absolute Gasteiger partial charge is 0.503 e. The Labute approximate surface area is 118 Å². The number of phenols is 1. The highest BCUT2D eigenvalue weighted by Crippen LogP contribution is 2.28. The molecular formula is C14H19NO5. The second-order valence-corrected chi connectivity index (χ2v) is 3.83. The van der Waals surface area contributed by atoms with Crippen molar-refractivity contribution < 1.29 is 24.1 Å². The van der Waals surface area contributed by atoms with E-state index < -0.39 is 0 Å². The molecule has 0 heterocycles. The molecule has 0 unspecified atom stereocenters. The highest BCUT2D eigenvalue weighted by Gasteiger charge is 2.06. The summed E-state index contributed by atoms with van der Waals surface area (Å²) < 4.78 is 20.7. The maximum atomic E-state index is 9.69. The van der Waals surface area contributed by atoms with Crippen LogP contribution in [-0.4, -0.2) is 51.9 Å². The summed E-state index contributed by atoms with van der Waals surface area (Å²) in [6.07, 6.45) is 0. The Kier molecular flexibility index (Phi) is 8.15. The minimum absolute atomic E-state index is 0.141. The third-order valence-electron chi connectivity index (χ3n) is 2.41. The standard InChI is InChI=1S/C14H19NO5/c1-17-5-6-18-7-8-19-9-10-20-13-4-2-3-12(11-15)14(13)16/h2-4,16H,5-10H2,1H3. The van der Waals surface area contributed by atoms with E-state index in [4.69, 9.17) is 24.2 Å². The number of methoxy groups -OCH3 is 1. The van der Waals surface area contributed by atoms with E-state index in [1.165, 1.54) is 6.07 Å². The van der Waals surface area contributed by atoms with Crippen molar-refractivity contribution in [3.05, 3.63) is 23.8 Å². The number of benzene rings is 1. The van der Waals surface area contributed by atoms with Gasteiger partial charge in [-0.3, -0.25) is 0 Å². The van der Waals surface area contributed by atoms with Gasteiger partial charge in [-0.2, -0.15) is 5.26 Å². The van der Waals surface area contributed by atoms with Crippen LogP contribution in [-0.2, 0) is 14.2 Å². The molecule has 0 aliphatic heterocycles. The molecule has 6 nitrogen and oxygen atoms in total. The third kappa shape index (κ3) is 5.89. The molecule has 0 amide bonds. The summed E-state index contributed by atoms with van der Waals surface area (Å²) in [6, 6.07) is 6.66. The molecule has 0 atom stereocenters. The first-order valence-corrected chi connectivity index (χ1v) is 6.29. The Balaban J connectivity index is 2.11. The summed E-state index contributed by atoms with van der Waals surface area (Å²) in [5.41, 5.74) is 0.190. The average molecular weight is 281 g/mol. The molecule has 1 rings (SSSR count). The van der Waals surface area contributed by atoms with Gasteiger partial charge in [-0.05, 0) is 12.1 Å². The maximum Gasteiger partial charge on any atom is 0.175 e. The molecular weight excluding hydrogens is 262 g/mol. The van der Waals surface area contributed by atoms with Crippen molar-refractivity contribution in [3.63, 3.8) is 0 Å². The lowest BCUT2D eigenvalue weighted by Crippen LogP contribution is -2.12. The maximum absolute atomic E-state index is 9.69. The summed E-state index contributed by atoms with van der Waals surface area (Å²) in [7, 11) is 1.62. The Morgan fingerprint density at radius 2 is 1.70 bits per heavy atom. The SMILES string of the molecule is COCCOCCOCCOc1cccc(C#N)c1O. The lowest BCUT2D eigenvalue weighted by Gasteiger charge is -2.09. The third-order valence-corrected chi connectivity index (χ3v) is 2.41. The van der Waals surface area contributed by atoms with Gasteiger partial charge in [-0.1, -0.05) is 6.07 Å². The van der Waals surface area contributed by atoms with Gasteiger partial charge in [0.15, 0.2) is 11.5 Å². The van der Waals surface area contributed by atoms with E-state index in [2.05, 4.69) is 0 Å². The van der Waals surface area contributed by atoms with Crippen LogP contribution in [0.3, 0.4) is 0 Å². The van der Waals surface area contributed by atoms with Gasteiger partial charge in [0.05, 0.1) is 38.6 Å². The van der Waals surface area contributed by atoms with Crippen molar-refractivity contribution >= 4 is 0 Å². The number of nitrogens with zero attached hydrogens (tertiary/aromatic N) is 1. The highest BCUT2D eigenvalue weighted by atomic mass is 16.6. The lowest BCUT2D eigenvalue weighted by molar-refractivity contribution is 0.0178. The molecule has 0 aliphatic rings. The molecule has 0 saturated carbocycles. The predicted octanol–water partition coefficient (Wildman–Crippen LogP) is 1.32. The number of para-hydroxylation sites is 1. The molecule has 1 aromatic rings. The van der Waals surface area contributed by atoms with Crippen LogP contribution in [0.1, 0.15) is 5.56 Å². The molecule has 0 saturated heterocycles. The molecule has 110 valence electrons. The van der Waals surface area contributed by atoms with E-state index in [1.807, 2.05) is 6.07 Å². The quantitative estimate of drug-likeness (QED) is 0.651. The Hall–Kier alpha value is -1.81. The monoisotopic (exact) mass is 281 g/mol. The van der Waals surface area contributed by atoms with Gasteiger partial charge in [-0.25, -0.2) is 0 Å². The number of hydrogen-bond donors (Lipinski definition) is 1. The topological polar surface area (TPSA) is 80.9 Å². The number of rotatable bonds is 10. The molecule has 0 spiro atoms. The fourth-order valence-corrected chi connectivity index (χ4v) is 1.40. The van der Waals surface area contributed by atoms with Crippen LogP contribution in [0, 0.1) is 11.3 Å². The molecule has 0 aliphatic carbocycles. The summed E-state index contributed by atoms with van der Waals surface area (Å²) in [5.74, 6) is 0.141. The van der Waals surface area contributed by atoms with Crippen LogP contribution < -0.4 is 4.74 Å². The first kappa shape index (κ1) is 16.2. The van der Waals surface area contributed by atoms with Gasteiger partial charge in [-0.15, -0.1) is 0 Å². The van der Waals surface area contributed by atoms with Gasteiger partial charge < -0.3 is 24.1 Å². The molecule has 1 aromatic carbocycles. The van der Waals surface area contributed by atoms with Crippen LogP contribution >= 0.6 is 0 Å². The smallest absolute Gasteiger partial charge is 0.175 e. The Morgan fingerprint density at radius 1 is 1.05 bits per heavy atom. The van der Waals surface area contributed by atoms with Crippen molar-refractivity contribution in [2.24, 2.45) is 0 Å². The molecule has 0 aromatic heterocycles. The van der Waals surface area contributed by atoms with E-state index in [-0.39, 0.29) is 17.1 Å². The van der Waals surface area contributed by atoms with Crippen LogP contribution in [0.5, 0.6) is 11.5 Å². The van der Waals surface area contributed by atoms with Gasteiger partial charge in [0, 0.05) is 7.11 Å². The molecule has 1 N–H and O–H groups in total. The average Bonchev–Trinajstić information content (AvgIpc) is 2.47. The zero-order valence-corrected chi connectivity index (χ0v) is 11.5. The minimum atomic E-state index is -0.141. The second-order valence-electron chi connectivity index (χ2n) is 3.83. The fourth-order valence-electron chi connectivity index (χ4n) is 1.40. The first-order chi connectivity index (χ1) is 9.79. The van der Waals surface area contributed by atoms with Crippen molar-refractivity contribution in [2.45, 2.75) is 0 Å². The number of aromatic hydroxyl groups is 1. The van der Waals surface area contributed by atoms with Crippen LogP contribution in [0.2, 0.25) is 0 Å². The van der Waals surface area contributed by atoms with Gasteiger partial charge in [0.1, 0.15) is 12.7 Å². The summed E-state index contributed by atoms with van der Waals surface area (Å²) in [4.78, 5) is 0. The number of ether oxygens (including phenoxy) is 4. The summed E-state index contributed by atoms with van der Waals surface area (Å²) >= 11 is 0. The Bertz CT molecular complexity index is 430. The van der Waals surface area contributed by atoms with E-state index in [9.17, 15) is 5.11 Å². The molecule has 0 radical (unpaired) electrons. The predicted molar refractivity (Wildman–Crippen MR) is 71.8 cm³/mol. The first-order valence-electron chi connectivity index (χ1n) is 6.29. The normalized spacial score (nSPS) is 10.2. The molecule has 6 heteroatoms. The van der Waals surface area contributed by atoms with Crippen molar-refractivity contribution in [2.75, 3.05) is 46.8 Å². The van der Waals surface area contributed by atoms with Crippen molar-refractivity contribution in [1.82, 2.24) is 0 Å². The summed E-state index contributed by atoms with van der Waals surface area (Å²) in [6.45, 7) is 2.75. The summed E-state index contributed by atoms with van der Waals surface area (Å²) in [5, 5.41) is 18.5. The molecule has 0 bridgehead atoms. The van der Waals surface area contributed by atoms with E-state index >= 15 is 0 Å². The number of nitriles is 1. The van der Waals surface area contributed by atoms with Gasteiger partial charge in [0.2, 0.25) is 0 Å². The van der Waals surface area contributed by atoms with Crippen LogP contribution in [0.25, 0.3) is 0 Å². The van der Waals surface area contributed by atoms with Crippen LogP contribution in [0.15, 0.2) is 18.2 Å². The van der Waals surface area contributed by atoms with Crippen molar-refractivity contribution in [3.8, 4) is 17.6 Å². The lowest BCUT2D eigenvalue weighted by atomic mass is 10.2. The number of hydrogen-bond acceptors (Lipinski definition) is 6. The van der Waals surface area contributed by atoms with Gasteiger partial charge in [0.25, 0.3) is 0 Å². The van der Waals surface area contributed by atoms with E-state index in [0.717, 1.165) is 0 Å². The zero-order valence-electron chi connectivity index (χ0n) is 11.5. The number of phenolic OH excluding ortho intramolecular Hbond substituents is 1. The molecule has 0 fully saturated rings. The van der Waals surface area contributed by atoms with Crippen molar-refractivity contribution in [1.29, 1.82) is 5.26 Å². The fraction of sp³-hybridized carbons (Fsp3) is 0.500.